The second kappa shape index (κ2) is 6.53. The molecule has 5 rings (SSSR count). The van der Waals surface area contributed by atoms with Gasteiger partial charge in [-0.3, -0.25) is 9.69 Å². The minimum atomic E-state index is -0.0944. The summed E-state index contributed by atoms with van der Waals surface area (Å²) >= 11 is 0. The van der Waals surface area contributed by atoms with E-state index < -0.39 is 0 Å². The van der Waals surface area contributed by atoms with E-state index in [0.717, 1.165) is 57.4 Å². The molecular weight excluding hydrogens is 338 g/mol. The molecular formula is C23H37NO3. The summed E-state index contributed by atoms with van der Waals surface area (Å²) in [6.45, 7) is 8.27. The minimum absolute atomic E-state index is 0.0944. The van der Waals surface area contributed by atoms with Crippen molar-refractivity contribution in [2.45, 2.75) is 77.4 Å². The Balaban J connectivity index is 1.41. The average molecular weight is 376 g/mol. The number of nitrogens with zero attached hydrogens (tertiary/aromatic N) is 1. The van der Waals surface area contributed by atoms with Crippen molar-refractivity contribution in [2.75, 3.05) is 26.3 Å². The standard InChI is InChI=1S/C23H37NO3/c1-22-8-7-18-16(17(22)5-6-21(22)26)4-3-15-13-20(25)19(14-23(15,18)2)24-9-11-27-12-10-24/h15-19,21,26H,3-14H2,1-2H3/t15?,16-,17-,18-,19?,21-,22-,23-/m0/s1. The van der Waals surface area contributed by atoms with Crippen molar-refractivity contribution in [1.82, 2.24) is 4.90 Å². The van der Waals surface area contributed by atoms with Gasteiger partial charge in [0.1, 0.15) is 5.78 Å². The Morgan fingerprint density at radius 2 is 1.74 bits per heavy atom. The number of ether oxygens (including phenoxy) is 1. The number of morpholine rings is 1. The molecule has 0 amide bonds. The van der Waals surface area contributed by atoms with Crippen molar-refractivity contribution >= 4 is 5.78 Å². The number of fused-ring (bicyclic) bond motifs is 5. The van der Waals surface area contributed by atoms with E-state index in [2.05, 4.69) is 18.7 Å². The van der Waals surface area contributed by atoms with Gasteiger partial charge in [0.2, 0.25) is 0 Å². The molecule has 1 N–H and O–H groups in total. The zero-order valence-corrected chi connectivity index (χ0v) is 17.2. The van der Waals surface area contributed by atoms with Crippen molar-refractivity contribution < 1.29 is 14.6 Å². The molecule has 1 heterocycles. The van der Waals surface area contributed by atoms with Crippen LogP contribution in [0, 0.1) is 34.5 Å². The van der Waals surface area contributed by atoms with Gasteiger partial charge in [0.05, 0.1) is 25.4 Å². The van der Waals surface area contributed by atoms with Crippen molar-refractivity contribution in [2.24, 2.45) is 34.5 Å². The SMILES string of the molecule is C[C@]12CC[C@H]3[C@@H](CCC4CC(=O)C(N5CCOCC5)C[C@@]43C)[C@@H]1CC[C@@H]2O. The third-order valence-corrected chi connectivity index (χ3v) is 9.95. The number of hydrogen-bond acceptors (Lipinski definition) is 4. The molecule has 0 spiro atoms. The molecule has 4 saturated carbocycles. The van der Waals surface area contributed by atoms with Crippen LogP contribution >= 0.6 is 0 Å². The third-order valence-electron chi connectivity index (χ3n) is 9.95. The predicted molar refractivity (Wildman–Crippen MR) is 104 cm³/mol. The fourth-order valence-electron chi connectivity index (χ4n) is 8.29. The number of Topliss-reactive ketones (excluding diaryl/α,β-unsaturated/α-hetero) is 1. The number of hydrogen-bond donors (Lipinski definition) is 1. The maximum Gasteiger partial charge on any atom is 0.150 e. The Morgan fingerprint density at radius 1 is 1.00 bits per heavy atom. The van der Waals surface area contributed by atoms with Gasteiger partial charge in [0.15, 0.2) is 0 Å². The van der Waals surface area contributed by atoms with E-state index >= 15 is 0 Å². The van der Waals surface area contributed by atoms with Crippen molar-refractivity contribution in [3.05, 3.63) is 0 Å². The molecule has 2 unspecified atom stereocenters. The van der Waals surface area contributed by atoms with Crippen molar-refractivity contribution in [1.29, 1.82) is 0 Å². The molecule has 1 saturated heterocycles. The minimum Gasteiger partial charge on any atom is -0.393 e. The van der Waals surface area contributed by atoms with E-state index in [1.807, 2.05) is 0 Å². The van der Waals surface area contributed by atoms with E-state index in [1.54, 1.807) is 0 Å². The molecule has 1 aliphatic heterocycles. The summed E-state index contributed by atoms with van der Waals surface area (Å²) in [5, 5.41) is 10.7. The Hall–Kier alpha value is -0.450. The van der Waals surface area contributed by atoms with Gasteiger partial charge in [-0.15, -0.1) is 0 Å². The van der Waals surface area contributed by atoms with Gasteiger partial charge in [-0.25, -0.2) is 0 Å². The lowest BCUT2D eigenvalue weighted by molar-refractivity contribution is -0.155. The van der Waals surface area contributed by atoms with Crippen LogP contribution in [-0.2, 0) is 9.53 Å². The number of aliphatic hydroxyl groups is 1. The van der Waals surface area contributed by atoms with Crippen LogP contribution in [0.3, 0.4) is 0 Å². The molecule has 27 heavy (non-hydrogen) atoms. The lowest BCUT2D eigenvalue weighted by atomic mass is 9.44. The molecule has 0 aromatic rings. The fraction of sp³-hybridized carbons (Fsp3) is 0.957. The van der Waals surface area contributed by atoms with Crippen LogP contribution < -0.4 is 0 Å². The molecule has 4 nitrogen and oxygen atoms in total. The van der Waals surface area contributed by atoms with Crippen LogP contribution in [0.1, 0.15) is 65.2 Å². The number of carbonyl (C=O) groups excluding carboxylic acids is 1. The monoisotopic (exact) mass is 375 g/mol. The first kappa shape index (κ1) is 18.6. The van der Waals surface area contributed by atoms with E-state index in [-0.39, 0.29) is 17.6 Å². The maximum atomic E-state index is 13.0. The summed E-state index contributed by atoms with van der Waals surface area (Å²) in [7, 11) is 0. The van der Waals surface area contributed by atoms with Gasteiger partial charge in [-0.2, -0.15) is 0 Å². The molecule has 8 atom stereocenters. The highest BCUT2D eigenvalue weighted by Gasteiger charge is 2.61. The molecule has 0 aromatic heterocycles. The molecule has 0 radical (unpaired) electrons. The van der Waals surface area contributed by atoms with E-state index in [9.17, 15) is 9.90 Å². The summed E-state index contributed by atoms with van der Waals surface area (Å²) in [5.41, 5.74) is 0.452. The summed E-state index contributed by atoms with van der Waals surface area (Å²) in [5.74, 6) is 3.29. The zero-order chi connectivity index (χ0) is 18.8. The van der Waals surface area contributed by atoms with E-state index in [4.69, 9.17) is 4.74 Å². The lowest BCUT2D eigenvalue weighted by Gasteiger charge is -2.61. The van der Waals surface area contributed by atoms with Gasteiger partial charge >= 0.3 is 0 Å². The predicted octanol–water partition coefficient (Wildman–Crippen LogP) is 3.27. The summed E-state index contributed by atoms with van der Waals surface area (Å²) in [6.07, 6.45) is 8.92. The van der Waals surface area contributed by atoms with E-state index in [0.29, 0.717) is 23.0 Å². The van der Waals surface area contributed by atoms with Gasteiger partial charge < -0.3 is 9.84 Å². The number of carbonyl (C=O) groups is 1. The Kier molecular flexibility index (Phi) is 4.49. The Bertz CT molecular complexity index is 602. The molecule has 5 aliphatic rings. The lowest BCUT2D eigenvalue weighted by Crippen LogP contribution is -2.59. The van der Waals surface area contributed by atoms with Crippen LogP contribution in [0.5, 0.6) is 0 Å². The third kappa shape index (κ3) is 2.69. The first-order chi connectivity index (χ1) is 12.9. The summed E-state index contributed by atoms with van der Waals surface area (Å²) in [6, 6.07) is 0.122. The van der Waals surface area contributed by atoms with Crippen LogP contribution in [0.15, 0.2) is 0 Å². The molecule has 4 heteroatoms. The Morgan fingerprint density at radius 3 is 2.52 bits per heavy atom. The largest absolute Gasteiger partial charge is 0.393 e. The summed E-state index contributed by atoms with van der Waals surface area (Å²) in [4.78, 5) is 15.4. The smallest absolute Gasteiger partial charge is 0.150 e. The van der Waals surface area contributed by atoms with E-state index in [1.165, 1.54) is 32.1 Å². The quantitative estimate of drug-likeness (QED) is 0.764. The van der Waals surface area contributed by atoms with Crippen molar-refractivity contribution in [3.63, 3.8) is 0 Å². The fourth-order valence-corrected chi connectivity index (χ4v) is 8.29. The molecule has 5 fully saturated rings. The van der Waals surface area contributed by atoms with Crippen LogP contribution in [0.2, 0.25) is 0 Å². The first-order valence-electron chi connectivity index (χ1n) is 11.5. The van der Waals surface area contributed by atoms with Gasteiger partial charge in [0, 0.05) is 19.5 Å². The Labute approximate surface area is 164 Å². The second-order valence-corrected chi connectivity index (χ2v) is 10.8. The highest BCUT2D eigenvalue weighted by molar-refractivity contribution is 5.85. The average Bonchev–Trinajstić information content (AvgIpc) is 2.97. The van der Waals surface area contributed by atoms with Gasteiger partial charge in [-0.1, -0.05) is 13.8 Å². The molecule has 0 bridgehead atoms. The molecule has 0 aromatic carbocycles. The van der Waals surface area contributed by atoms with Crippen LogP contribution in [0.4, 0.5) is 0 Å². The van der Waals surface area contributed by atoms with Gasteiger partial charge in [0.25, 0.3) is 0 Å². The summed E-state index contributed by atoms with van der Waals surface area (Å²) < 4.78 is 5.54. The maximum absolute atomic E-state index is 13.0. The zero-order valence-electron chi connectivity index (χ0n) is 17.2. The van der Waals surface area contributed by atoms with Crippen LogP contribution in [-0.4, -0.2) is 54.2 Å². The number of ketones is 1. The molecule has 4 aliphatic carbocycles. The number of rotatable bonds is 1. The normalized spacial score (nSPS) is 53.5. The van der Waals surface area contributed by atoms with Crippen molar-refractivity contribution in [3.8, 4) is 0 Å². The van der Waals surface area contributed by atoms with Crippen LogP contribution in [0.25, 0.3) is 0 Å². The first-order valence-corrected chi connectivity index (χ1v) is 11.5. The highest BCUT2D eigenvalue weighted by Crippen LogP contribution is 2.66. The molecule has 152 valence electrons. The topological polar surface area (TPSA) is 49.8 Å². The highest BCUT2D eigenvalue weighted by atomic mass is 16.5. The second-order valence-electron chi connectivity index (χ2n) is 10.8. The number of aliphatic hydroxyl groups excluding tert-OH is 1. The van der Waals surface area contributed by atoms with Gasteiger partial charge in [-0.05, 0) is 79.4 Å².